The quantitative estimate of drug-likeness (QED) is 0.530. The molecule has 6 heteroatoms. The number of carbonyl (C=O) groups is 2. The van der Waals surface area contributed by atoms with Gasteiger partial charge in [-0.1, -0.05) is 13.0 Å². The second kappa shape index (κ2) is 6.48. The highest BCUT2D eigenvalue weighted by atomic mass is 16.6. The van der Waals surface area contributed by atoms with E-state index >= 15 is 0 Å². The van der Waals surface area contributed by atoms with E-state index in [1.807, 2.05) is 0 Å². The van der Waals surface area contributed by atoms with Crippen molar-refractivity contribution in [3.63, 3.8) is 0 Å². The van der Waals surface area contributed by atoms with Crippen LogP contribution in [0.15, 0.2) is 11.6 Å². The van der Waals surface area contributed by atoms with Gasteiger partial charge >= 0.3 is 11.9 Å². The minimum atomic E-state index is -1.62. The molecule has 3 fully saturated rings. The number of hydrogen-bond donors (Lipinski definition) is 1. The molecular weight excluding hydrogens is 310 g/mol. The van der Waals surface area contributed by atoms with Gasteiger partial charge in [0.15, 0.2) is 5.60 Å². The number of carbonyl (C=O) groups excluding carboxylic acids is 2. The molecule has 5 atom stereocenters. The molecule has 3 heterocycles. The molecule has 24 heavy (non-hydrogen) atoms. The molecule has 0 amide bonds. The van der Waals surface area contributed by atoms with Crippen LogP contribution >= 0.6 is 0 Å². The van der Waals surface area contributed by atoms with E-state index in [0.29, 0.717) is 5.57 Å². The van der Waals surface area contributed by atoms with E-state index in [2.05, 4.69) is 4.90 Å². The molecule has 0 bridgehead atoms. The zero-order valence-electron chi connectivity index (χ0n) is 14.7. The first kappa shape index (κ1) is 17.4. The average molecular weight is 337 g/mol. The fraction of sp³-hybridized carbons (Fsp3) is 0.778. The first-order chi connectivity index (χ1) is 11.3. The van der Waals surface area contributed by atoms with Gasteiger partial charge in [0.2, 0.25) is 0 Å². The van der Waals surface area contributed by atoms with Crippen LogP contribution in [0.25, 0.3) is 0 Å². The molecule has 134 valence electrons. The summed E-state index contributed by atoms with van der Waals surface area (Å²) in [6.07, 6.45) is 3.59. The van der Waals surface area contributed by atoms with Gasteiger partial charge in [-0.25, -0.2) is 9.59 Å². The first-order valence-corrected chi connectivity index (χ1v) is 8.84. The summed E-state index contributed by atoms with van der Waals surface area (Å²) in [5.41, 5.74) is -1.12. The SMILES string of the molecule is C/C=C1/C[C@H](C)[C@@](C)(O)C(=O)OC[C@@H]2CCN3CC[C@@H](OC1=O)[C@@H]23. The van der Waals surface area contributed by atoms with Crippen molar-refractivity contribution < 1.29 is 24.2 Å². The van der Waals surface area contributed by atoms with Gasteiger partial charge in [-0.3, -0.25) is 4.90 Å². The molecule has 0 aromatic carbocycles. The highest BCUT2D eigenvalue weighted by Crippen LogP contribution is 2.36. The molecule has 0 radical (unpaired) electrons. The number of cyclic esters (lactones) is 1. The van der Waals surface area contributed by atoms with E-state index in [-0.39, 0.29) is 37.1 Å². The zero-order chi connectivity index (χ0) is 17.5. The standard InChI is InChI=1S/C18H27NO5/c1-4-12-9-11(2)18(3,22)17(21)23-10-13-5-7-19-8-6-14(15(13)19)24-16(12)20/h4,11,13-15,22H,5-10H2,1-3H3/b12-4-/t11-,13-,14+,15+,18+/m0/s1. The van der Waals surface area contributed by atoms with Crippen LogP contribution in [0.2, 0.25) is 0 Å². The van der Waals surface area contributed by atoms with Crippen LogP contribution in [-0.4, -0.2) is 59.4 Å². The van der Waals surface area contributed by atoms with E-state index in [9.17, 15) is 14.7 Å². The Bertz CT molecular complexity index is 556. The second-order valence-electron chi connectivity index (χ2n) is 7.47. The van der Waals surface area contributed by atoms with Crippen molar-refractivity contribution >= 4 is 11.9 Å². The Morgan fingerprint density at radius 3 is 2.71 bits per heavy atom. The summed E-state index contributed by atoms with van der Waals surface area (Å²) in [5.74, 6) is -1.23. The number of rotatable bonds is 0. The van der Waals surface area contributed by atoms with Crippen LogP contribution in [0.5, 0.6) is 0 Å². The van der Waals surface area contributed by atoms with Crippen molar-refractivity contribution in [1.29, 1.82) is 0 Å². The monoisotopic (exact) mass is 337 g/mol. The lowest BCUT2D eigenvalue weighted by Crippen LogP contribution is -2.46. The van der Waals surface area contributed by atoms with Crippen LogP contribution in [0.1, 0.15) is 40.0 Å². The normalized spacial score (nSPS) is 42.9. The fourth-order valence-electron chi connectivity index (χ4n) is 4.11. The van der Waals surface area contributed by atoms with Crippen LogP contribution in [0.4, 0.5) is 0 Å². The van der Waals surface area contributed by atoms with Crippen LogP contribution in [0, 0.1) is 11.8 Å². The molecule has 0 unspecified atom stereocenters. The molecule has 3 aliphatic rings. The van der Waals surface area contributed by atoms with Crippen LogP contribution in [-0.2, 0) is 19.1 Å². The Balaban J connectivity index is 1.89. The molecule has 6 nitrogen and oxygen atoms in total. The molecule has 3 aliphatic heterocycles. The Hall–Kier alpha value is -1.40. The molecule has 3 saturated heterocycles. The number of esters is 2. The maximum absolute atomic E-state index is 12.6. The van der Waals surface area contributed by atoms with Crippen molar-refractivity contribution in [2.75, 3.05) is 19.7 Å². The highest BCUT2D eigenvalue weighted by Gasteiger charge is 2.48. The van der Waals surface area contributed by atoms with Crippen LogP contribution in [0.3, 0.4) is 0 Å². The van der Waals surface area contributed by atoms with Gasteiger partial charge in [-0.05, 0) is 45.6 Å². The lowest BCUT2D eigenvalue weighted by molar-refractivity contribution is -0.172. The summed E-state index contributed by atoms with van der Waals surface area (Å²) in [4.78, 5) is 27.3. The molecule has 0 spiro atoms. The van der Waals surface area contributed by atoms with E-state index in [4.69, 9.17) is 9.47 Å². The molecule has 0 aromatic rings. The van der Waals surface area contributed by atoms with E-state index in [0.717, 1.165) is 25.9 Å². The Morgan fingerprint density at radius 2 is 2.00 bits per heavy atom. The summed E-state index contributed by atoms with van der Waals surface area (Å²) < 4.78 is 11.3. The summed E-state index contributed by atoms with van der Waals surface area (Å²) in [6, 6.07) is 0.113. The largest absolute Gasteiger partial charge is 0.463 e. The van der Waals surface area contributed by atoms with Crippen molar-refractivity contribution in [2.45, 2.75) is 57.8 Å². The number of hydrogen-bond acceptors (Lipinski definition) is 6. The van der Waals surface area contributed by atoms with Gasteiger partial charge in [-0.2, -0.15) is 0 Å². The lowest BCUT2D eigenvalue weighted by atomic mass is 9.85. The van der Waals surface area contributed by atoms with Gasteiger partial charge in [-0.15, -0.1) is 0 Å². The third-order valence-corrected chi connectivity index (χ3v) is 5.97. The third-order valence-electron chi connectivity index (χ3n) is 5.97. The fourth-order valence-corrected chi connectivity index (χ4v) is 4.11. The third kappa shape index (κ3) is 2.97. The summed E-state index contributed by atoms with van der Waals surface area (Å²) >= 11 is 0. The van der Waals surface area contributed by atoms with Crippen molar-refractivity contribution in [3.8, 4) is 0 Å². The van der Waals surface area contributed by atoms with Crippen molar-refractivity contribution in [2.24, 2.45) is 11.8 Å². The molecule has 1 N–H and O–H groups in total. The summed E-state index contributed by atoms with van der Waals surface area (Å²) in [5, 5.41) is 10.6. The maximum Gasteiger partial charge on any atom is 0.338 e. The summed E-state index contributed by atoms with van der Waals surface area (Å²) in [7, 11) is 0. The summed E-state index contributed by atoms with van der Waals surface area (Å²) in [6.45, 7) is 7.11. The number of aliphatic hydroxyl groups is 1. The molecule has 0 aromatic heterocycles. The topological polar surface area (TPSA) is 76.1 Å². The number of ether oxygens (including phenoxy) is 2. The van der Waals surface area contributed by atoms with E-state index in [1.165, 1.54) is 6.92 Å². The second-order valence-corrected chi connectivity index (χ2v) is 7.47. The average Bonchev–Trinajstić information content (AvgIpc) is 3.12. The molecule has 0 saturated carbocycles. The Kier molecular flexibility index (Phi) is 4.71. The van der Waals surface area contributed by atoms with Gasteiger partial charge in [0, 0.05) is 18.0 Å². The van der Waals surface area contributed by atoms with Gasteiger partial charge in [0.25, 0.3) is 0 Å². The minimum absolute atomic E-state index is 0.113. The lowest BCUT2D eigenvalue weighted by Gasteiger charge is -2.32. The predicted octanol–water partition coefficient (Wildman–Crippen LogP) is 1.27. The smallest absolute Gasteiger partial charge is 0.338 e. The van der Waals surface area contributed by atoms with E-state index < -0.39 is 17.5 Å². The highest BCUT2D eigenvalue weighted by molar-refractivity contribution is 5.89. The molecule has 3 rings (SSSR count). The molecule has 0 aliphatic carbocycles. The number of nitrogens with zero attached hydrogens (tertiary/aromatic N) is 1. The van der Waals surface area contributed by atoms with Gasteiger partial charge in [0.1, 0.15) is 6.10 Å². The predicted molar refractivity (Wildman–Crippen MR) is 87.1 cm³/mol. The molecular formula is C18H27NO5. The minimum Gasteiger partial charge on any atom is -0.463 e. The first-order valence-electron chi connectivity index (χ1n) is 8.84. The van der Waals surface area contributed by atoms with Gasteiger partial charge in [0.05, 0.1) is 12.6 Å². The number of allylic oxidation sites excluding steroid dienone is 1. The Morgan fingerprint density at radius 1 is 1.29 bits per heavy atom. The van der Waals surface area contributed by atoms with Crippen LogP contribution < -0.4 is 0 Å². The van der Waals surface area contributed by atoms with E-state index in [1.54, 1.807) is 19.9 Å². The maximum atomic E-state index is 12.6. The zero-order valence-corrected chi connectivity index (χ0v) is 14.7. The van der Waals surface area contributed by atoms with Gasteiger partial charge < -0.3 is 14.6 Å². The Labute approximate surface area is 142 Å². The van der Waals surface area contributed by atoms with Crippen molar-refractivity contribution in [1.82, 2.24) is 4.90 Å². The van der Waals surface area contributed by atoms with Crippen molar-refractivity contribution in [3.05, 3.63) is 11.6 Å².